The van der Waals surface area contributed by atoms with Crippen LogP contribution in [0.4, 0.5) is 0 Å². The number of fused-ring (bicyclic) bond motifs is 1. The maximum absolute atomic E-state index is 10.8. The van der Waals surface area contributed by atoms with Crippen LogP contribution in [0.2, 0.25) is 0 Å². The van der Waals surface area contributed by atoms with Gasteiger partial charge >= 0.3 is 0 Å². The van der Waals surface area contributed by atoms with Crippen molar-refractivity contribution in [2.45, 2.75) is 39.0 Å². The van der Waals surface area contributed by atoms with Crippen LogP contribution in [0.5, 0.6) is 11.5 Å². The summed E-state index contributed by atoms with van der Waals surface area (Å²) in [4.78, 5) is 0. The van der Waals surface area contributed by atoms with E-state index in [0.717, 1.165) is 35.8 Å². The highest BCUT2D eigenvalue weighted by Crippen LogP contribution is 2.50. The van der Waals surface area contributed by atoms with Gasteiger partial charge in [0.2, 0.25) is 0 Å². The Kier molecular flexibility index (Phi) is 4.47. The Morgan fingerprint density at radius 1 is 1.07 bits per heavy atom. The molecule has 4 rings (SSSR count). The predicted molar refractivity (Wildman–Crippen MR) is 109 cm³/mol. The van der Waals surface area contributed by atoms with Gasteiger partial charge < -0.3 is 14.6 Å². The van der Waals surface area contributed by atoms with Gasteiger partial charge in [-0.25, -0.2) is 0 Å². The molecule has 3 heteroatoms. The first-order valence-electron chi connectivity index (χ1n) is 9.64. The van der Waals surface area contributed by atoms with Crippen molar-refractivity contribution in [1.82, 2.24) is 0 Å². The topological polar surface area (TPSA) is 53.6 Å². The van der Waals surface area contributed by atoms with Crippen LogP contribution in [0.15, 0.2) is 59.0 Å². The quantitative estimate of drug-likeness (QED) is 0.516. The third kappa shape index (κ3) is 3.23. The van der Waals surface area contributed by atoms with E-state index in [2.05, 4.69) is 13.5 Å². The fraction of sp³-hybridized carbons (Fsp3) is 0.333. The first kappa shape index (κ1) is 17.7. The maximum Gasteiger partial charge on any atom is 0.135 e. The molecular weight excluding hydrogens is 336 g/mol. The molecule has 1 aromatic heterocycles. The summed E-state index contributed by atoms with van der Waals surface area (Å²) < 4.78 is 5.89. The molecule has 1 saturated carbocycles. The summed E-state index contributed by atoms with van der Waals surface area (Å²) in [5.41, 5.74) is 3.24. The van der Waals surface area contributed by atoms with Gasteiger partial charge in [0.25, 0.3) is 0 Å². The number of rotatable bonds is 3. The Morgan fingerprint density at radius 2 is 1.78 bits per heavy atom. The monoisotopic (exact) mass is 362 g/mol. The zero-order chi connectivity index (χ0) is 19.1. The summed E-state index contributed by atoms with van der Waals surface area (Å²) in [6.45, 7) is 8.43. The average molecular weight is 362 g/mol. The van der Waals surface area contributed by atoms with Gasteiger partial charge in [-0.2, -0.15) is 0 Å². The van der Waals surface area contributed by atoms with Crippen LogP contribution in [-0.2, 0) is 0 Å². The number of hydrogen-bond donors (Lipinski definition) is 2. The van der Waals surface area contributed by atoms with E-state index in [9.17, 15) is 10.2 Å². The van der Waals surface area contributed by atoms with Gasteiger partial charge in [-0.15, -0.1) is 0 Å². The summed E-state index contributed by atoms with van der Waals surface area (Å²) in [5.74, 6) is 1.86. The van der Waals surface area contributed by atoms with Gasteiger partial charge in [-0.05, 0) is 61.8 Å². The molecular formula is C24H26O3. The fourth-order valence-corrected chi connectivity index (χ4v) is 4.56. The summed E-state index contributed by atoms with van der Waals surface area (Å²) in [7, 11) is 0. The molecule has 3 aromatic rings. The number of aromatic hydroxyl groups is 2. The smallest absolute Gasteiger partial charge is 0.135 e. The first-order valence-corrected chi connectivity index (χ1v) is 9.64. The predicted octanol–water partition coefficient (Wildman–Crippen LogP) is 6.61. The second-order valence-electron chi connectivity index (χ2n) is 8.05. The number of allylic oxidation sites excluding steroid dienone is 1. The highest BCUT2D eigenvalue weighted by atomic mass is 16.3. The van der Waals surface area contributed by atoms with Crippen molar-refractivity contribution in [3.63, 3.8) is 0 Å². The minimum Gasteiger partial charge on any atom is -0.507 e. The Labute approximate surface area is 160 Å². The molecule has 0 amide bonds. The van der Waals surface area contributed by atoms with Gasteiger partial charge in [-0.3, -0.25) is 0 Å². The minimum atomic E-state index is 0.0935. The molecule has 0 saturated heterocycles. The second-order valence-corrected chi connectivity index (χ2v) is 8.05. The van der Waals surface area contributed by atoms with Crippen LogP contribution in [0.3, 0.4) is 0 Å². The molecule has 27 heavy (non-hydrogen) atoms. The van der Waals surface area contributed by atoms with E-state index in [4.69, 9.17) is 4.42 Å². The zero-order valence-electron chi connectivity index (χ0n) is 15.9. The molecule has 3 nitrogen and oxygen atoms in total. The van der Waals surface area contributed by atoms with Gasteiger partial charge in [0, 0.05) is 16.5 Å². The lowest BCUT2D eigenvalue weighted by atomic mass is 9.69. The van der Waals surface area contributed by atoms with Crippen LogP contribution in [-0.4, -0.2) is 10.2 Å². The Morgan fingerprint density at radius 3 is 2.44 bits per heavy atom. The maximum atomic E-state index is 10.8. The molecule has 1 fully saturated rings. The van der Waals surface area contributed by atoms with E-state index >= 15 is 0 Å². The van der Waals surface area contributed by atoms with Crippen molar-refractivity contribution in [1.29, 1.82) is 0 Å². The summed E-state index contributed by atoms with van der Waals surface area (Å²) in [6, 6.07) is 13.1. The molecule has 0 aliphatic heterocycles. The van der Waals surface area contributed by atoms with Crippen LogP contribution in [0, 0.1) is 11.8 Å². The summed E-state index contributed by atoms with van der Waals surface area (Å²) >= 11 is 0. The van der Waals surface area contributed by atoms with Crippen LogP contribution in [0.25, 0.3) is 22.3 Å². The third-order valence-electron chi connectivity index (χ3n) is 5.96. The highest BCUT2D eigenvalue weighted by molar-refractivity contribution is 5.83. The number of hydrogen-bond acceptors (Lipinski definition) is 3. The Balaban J connectivity index is 1.76. The van der Waals surface area contributed by atoms with Crippen molar-refractivity contribution in [3.8, 4) is 22.8 Å². The largest absolute Gasteiger partial charge is 0.507 e. The molecule has 3 atom stereocenters. The number of para-hydroxylation sites is 1. The molecule has 2 N–H and O–H groups in total. The van der Waals surface area contributed by atoms with E-state index in [1.165, 1.54) is 0 Å². The highest BCUT2D eigenvalue weighted by Gasteiger charge is 2.34. The fourth-order valence-electron chi connectivity index (χ4n) is 4.56. The van der Waals surface area contributed by atoms with Gasteiger partial charge in [-0.1, -0.05) is 43.7 Å². The molecule has 140 valence electrons. The Bertz CT molecular complexity index is 942. The average Bonchev–Trinajstić information content (AvgIpc) is 3.05. The second kappa shape index (κ2) is 6.80. The summed E-state index contributed by atoms with van der Waals surface area (Å²) in [6.07, 6.45) is 3.15. The van der Waals surface area contributed by atoms with Crippen LogP contribution >= 0.6 is 0 Å². The molecule has 1 aliphatic carbocycles. The Hall–Kier alpha value is -2.68. The summed E-state index contributed by atoms with van der Waals surface area (Å²) in [5, 5.41) is 22.6. The van der Waals surface area contributed by atoms with Crippen molar-refractivity contribution in [3.05, 3.63) is 60.2 Å². The number of furan rings is 1. The van der Waals surface area contributed by atoms with Crippen LogP contribution in [0.1, 0.15) is 44.6 Å². The lowest BCUT2D eigenvalue weighted by Gasteiger charge is -2.36. The standard InChI is InChI=1S/C24H26O3/c1-14(2)18-9-8-15(3)10-19(18)24-20(25)11-17(12-21(24)26)23-13-16-6-4-5-7-22(16)27-23/h4-7,11-13,15,18-19,25-26H,1,8-10H2,2-3H3/t15-,18+,19-/m0/s1. The van der Waals surface area contributed by atoms with Gasteiger partial charge in [0.05, 0.1) is 0 Å². The number of phenolic OH excluding ortho intramolecular Hbond substituents is 2. The molecule has 1 aliphatic rings. The SMILES string of the molecule is C=C(C)[C@H]1CC[C@H](C)C[C@@H]1c1c(O)cc(-c2cc3ccccc3o2)cc1O. The van der Waals surface area contributed by atoms with E-state index in [1.807, 2.05) is 37.3 Å². The molecule has 0 spiro atoms. The normalized spacial score (nSPS) is 22.8. The van der Waals surface area contributed by atoms with Gasteiger partial charge in [0.1, 0.15) is 22.8 Å². The molecule has 0 radical (unpaired) electrons. The lowest BCUT2D eigenvalue weighted by Crippen LogP contribution is -2.23. The van der Waals surface area contributed by atoms with Crippen molar-refractivity contribution < 1.29 is 14.6 Å². The van der Waals surface area contributed by atoms with E-state index in [1.54, 1.807) is 12.1 Å². The number of benzene rings is 2. The van der Waals surface area contributed by atoms with Crippen LogP contribution < -0.4 is 0 Å². The first-order chi connectivity index (χ1) is 12.9. The minimum absolute atomic E-state index is 0.0935. The zero-order valence-corrected chi connectivity index (χ0v) is 15.9. The lowest BCUT2D eigenvalue weighted by molar-refractivity contribution is 0.267. The van der Waals surface area contributed by atoms with Gasteiger partial charge in [0.15, 0.2) is 0 Å². The van der Waals surface area contributed by atoms with E-state index in [-0.39, 0.29) is 23.3 Å². The molecule has 0 unspecified atom stereocenters. The third-order valence-corrected chi connectivity index (χ3v) is 5.96. The van der Waals surface area contributed by atoms with E-state index in [0.29, 0.717) is 22.8 Å². The van der Waals surface area contributed by atoms with Crippen molar-refractivity contribution >= 4 is 11.0 Å². The van der Waals surface area contributed by atoms with Crippen molar-refractivity contribution in [2.75, 3.05) is 0 Å². The van der Waals surface area contributed by atoms with Crippen molar-refractivity contribution in [2.24, 2.45) is 11.8 Å². The van der Waals surface area contributed by atoms with E-state index < -0.39 is 0 Å². The molecule has 0 bridgehead atoms. The molecule has 1 heterocycles. The number of phenols is 2. The molecule has 2 aromatic carbocycles.